The Morgan fingerprint density at radius 3 is 3.23 bits per heavy atom. The zero-order valence-corrected chi connectivity index (χ0v) is 8.47. The fourth-order valence-electron chi connectivity index (χ4n) is 0.792. The van der Waals surface area contributed by atoms with Crippen LogP contribution in [0.1, 0.15) is 18.2 Å². The summed E-state index contributed by atoms with van der Waals surface area (Å²) < 4.78 is 0. The van der Waals surface area contributed by atoms with E-state index in [1.807, 2.05) is 0 Å². The van der Waals surface area contributed by atoms with E-state index < -0.39 is 0 Å². The fraction of sp³-hybridized carbons (Fsp3) is 0.500. The van der Waals surface area contributed by atoms with Gasteiger partial charge in [0.1, 0.15) is 0 Å². The molecule has 0 aromatic carbocycles. The van der Waals surface area contributed by atoms with Gasteiger partial charge in [-0.1, -0.05) is 6.92 Å². The topological polar surface area (TPSA) is 63.3 Å². The van der Waals surface area contributed by atoms with Crippen LogP contribution in [0, 0.1) is 0 Å². The second-order valence-electron chi connectivity index (χ2n) is 2.60. The fourth-order valence-corrected chi connectivity index (χ4v) is 1.31. The maximum absolute atomic E-state index is 5.60. The third-order valence-corrected chi connectivity index (χ3v) is 2.21. The molecule has 0 spiro atoms. The summed E-state index contributed by atoms with van der Waals surface area (Å²) in [6.07, 6.45) is 2.86. The molecule has 1 heterocycles. The first-order valence-electron chi connectivity index (χ1n) is 4.24. The predicted octanol–water partition coefficient (Wildman–Crippen LogP) is 0.957. The number of hydrogen-bond donors (Lipinski definition) is 2. The maximum Gasteiger partial charge on any atom is 0.188 e. The molecule has 3 N–H and O–H groups in total. The SMILES string of the molecule is CCCNC(N)=NCc1cncs1. The van der Waals surface area contributed by atoms with Gasteiger partial charge in [-0.25, -0.2) is 4.99 Å². The number of guanidine groups is 1. The summed E-state index contributed by atoms with van der Waals surface area (Å²) in [5, 5.41) is 3.01. The van der Waals surface area contributed by atoms with Crippen molar-refractivity contribution in [3.8, 4) is 0 Å². The molecule has 1 aromatic rings. The maximum atomic E-state index is 5.60. The Labute approximate surface area is 81.9 Å². The van der Waals surface area contributed by atoms with Crippen LogP contribution in [0.4, 0.5) is 0 Å². The van der Waals surface area contributed by atoms with Crippen molar-refractivity contribution in [2.75, 3.05) is 6.54 Å². The van der Waals surface area contributed by atoms with Gasteiger partial charge in [0.15, 0.2) is 5.96 Å². The van der Waals surface area contributed by atoms with Crippen molar-refractivity contribution in [3.05, 3.63) is 16.6 Å². The van der Waals surface area contributed by atoms with Crippen molar-refractivity contribution in [1.29, 1.82) is 0 Å². The van der Waals surface area contributed by atoms with Crippen LogP contribution in [0.2, 0.25) is 0 Å². The molecule has 4 nitrogen and oxygen atoms in total. The van der Waals surface area contributed by atoms with E-state index in [-0.39, 0.29) is 0 Å². The average Bonchev–Trinajstić information content (AvgIpc) is 2.64. The van der Waals surface area contributed by atoms with Crippen LogP contribution in [0.3, 0.4) is 0 Å². The third kappa shape index (κ3) is 3.89. The highest BCUT2D eigenvalue weighted by molar-refractivity contribution is 7.09. The third-order valence-electron chi connectivity index (χ3n) is 1.44. The lowest BCUT2D eigenvalue weighted by atomic mass is 10.5. The molecule has 0 aliphatic carbocycles. The van der Waals surface area contributed by atoms with Crippen LogP contribution in [0.15, 0.2) is 16.7 Å². The number of nitrogens with two attached hydrogens (primary N) is 1. The van der Waals surface area contributed by atoms with Crippen LogP contribution in [-0.4, -0.2) is 17.5 Å². The second-order valence-corrected chi connectivity index (χ2v) is 3.57. The predicted molar refractivity (Wildman–Crippen MR) is 55.7 cm³/mol. The highest BCUT2D eigenvalue weighted by atomic mass is 32.1. The molecule has 72 valence electrons. The number of nitrogens with zero attached hydrogens (tertiary/aromatic N) is 2. The lowest BCUT2D eigenvalue weighted by Gasteiger charge is -2.01. The first kappa shape index (κ1) is 9.98. The summed E-state index contributed by atoms with van der Waals surface area (Å²) in [4.78, 5) is 9.23. The van der Waals surface area contributed by atoms with Gasteiger partial charge in [-0.2, -0.15) is 0 Å². The normalized spacial score (nSPS) is 11.6. The van der Waals surface area contributed by atoms with Crippen molar-refractivity contribution in [2.45, 2.75) is 19.9 Å². The van der Waals surface area contributed by atoms with Crippen LogP contribution < -0.4 is 11.1 Å². The Balaban J connectivity index is 2.30. The Morgan fingerprint density at radius 2 is 2.62 bits per heavy atom. The summed E-state index contributed by atoms with van der Waals surface area (Å²) in [5.74, 6) is 0.509. The molecule has 0 saturated heterocycles. The number of nitrogens with one attached hydrogen (secondary N) is 1. The number of thiazole rings is 1. The van der Waals surface area contributed by atoms with Gasteiger partial charge in [0, 0.05) is 17.6 Å². The minimum absolute atomic E-state index is 0.509. The molecule has 0 aliphatic rings. The summed E-state index contributed by atoms with van der Waals surface area (Å²) in [6, 6.07) is 0. The van der Waals surface area contributed by atoms with E-state index in [9.17, 15) is 0 Å². The lowest BCUT2D eigenvalue weighted by Crippen LogP contribution is -2.32. The average molecular weight is 198 g/mol. The van der Waals surface area contributed by atoms with E-state index in [0.717, 1.165) is 17.8 Å². The summed E-state index contributed by atoms with van der Waals surface area (Å²) in [7, 11) is 0. The van der Waals surface area contributed by atoms with Gasteiger partial charge in [0.25, 0.3) is 0 Å². The number of hydrogen-bond acceptors (Lipinski definition) is 3. The van der Waals surface area contributed by atoms with Gasteiger partial charge in [-0.05, 0) is 6.42 Å². The van der Waals surface area contributed by atoms with Gasteiger partial charge < -0.3 is 11.1 Å². The van der Waals surface area contributed by atoms with Crippen molar-refractivity contribution in [2.24, 2.45) is 10.7 Å². The molecule has 0 radical (unpaired) electrons. The van der Waals surface area contributed by atoms with Gasteiger partial charge in [0.05, 0.1) is 12.1 Å². The van der Waals surface area contributed by atoms with E-state index in [4.69, 9.17) is 5.73 Å². The lowest BCUT2D eigenvalue weighted by molar-refractivity contribution is 0.826. The molecular weight excluding hydrogens is 184 g/mol. The highest BCUT2D eigenvalue weighted by Crippen LogP contribution is 2.05. The first-order chi connectivity index (χ1) is 6.33. The molecule has 1 aromatic heterocycles. The Kier molecular flexibility index (Phi) is 4.25. The standard InChI is InChI=1S/C8H14N4S/c1-2-3-11-8(9)12-5-7-4-10-6-13-7/h4,6H,2-3,5H2,1H3,(H3,9,11,12). The highest BCUT2D eigenvalue weighted by Gasteiger charge is 1.93. The molecule has 0 unspecified atom stereocenters. The van der Waals surface area contributed by atoms with E-state index in [0.29, 0.717) is 12.5 Å². The number of rotatable bonds is 4. The minimum Gasteiger partial charge on any atom is -0.370 e. The number of aliphatic imine (C=N–C) groups is 1. The number of aromatic nitrogens is 1. The van der Waals surface area contributed by atoms with Gasteiger partial charge in [-0.15, -0.1) is 11.3 Å². The summed E-state index contributed by atoms with van der Waals surface area (Å²) >= 11 is 1.59. The van der Waals surface area contributed by atoms with Crippen LogP contribution >= 0.6 is 11.3 Å². The zero-order valence-electron chi connectivity index (χ0n) is 7.66. The quantitative estimate of drug-likeness (QED) is 0.559. The largest absolute Gasteiger partial charge is 0.370 e. The minimum atomic E-state index is 0.509. The molecule has 0 amide bonds. The molecule has 0 aliphatic heterocycles. The zero-order chi connectivity index (χ0) is 9.52. The molecule has 0 saturated carbocycles. The van der Waals surface area contributed by atoms with E-state index in [1.54, 1.807) is 23.0 Å². The molecule has 0 fully saturated rings. The van der Waals surface area contributed by atoms with E-state index >= 15 is 0 Å². The van der Waals surface area contributed by atoms with Gasteiger partial charge in [0.2, 0.25) is 0 Å². The van der Waals surface area contributed by atoms with Gasteiger partial charge >= 0.3 is 0 Å². The Bertz CT molecular complexity index is 255. The second kappa shape index (κ2) is 5.53. The molecular formula is C8H14N4S. The Hall–Kier alpha value is -1.10. The summed E-state index contributed by atoms with van der Waals surface area (Å²) in [5.41, 5.74) is 7.39. The molecule has 13 heavy (non-hydrogen) atoms. The Morgan fingerprint density at radius 1 is 1.77 bits per heavy atom. The van der Waals surface area contributed by atoms with E-state index in [1.165, 1.54) is 0 Å². The first-order valence-corrected chi connectivity index (χ1v) is 5.12. The van der Waals surface area contributed by atoms with Crippen LogP contribution in [-0.2, 0) is 6.54 Å². The van der Waals surface area contributed by atoms with Crippen molar-refractivity contribution >= 4 is 17.3 Å². The molecule has 5 heteroatoms. The van der Waals surface area contributed by atoms with Crippen molar-refractivity contribution in [3.63, 3.8) is 0 Å². The van der Waals surface area contributed by atoms with Gasteiger partial charge in [-0.3, -0.25) is 4.98 Å². The van der Waals surface area contributed by atoms with Crippen molar-refractivity contribution in [1.82, 2.24) is 10.3 Å². The monoisotopic (exact) mass is 198 g/mol. The van der Waals surface area contributed by atoms with Crippen LogP contribution in [0.5, 0.6) is 0 Å². The molecule has 0 bridgehead atoms. The summed E-state index contributed by atoms with van der Waals surface area (Å²) in [6.45, 7) is 3.58. The van der Waals surface area contributed by atoms with E-state index in [2.05, 4.69) is 22.2 Å². The molecule has 1 rings (SSSR count). The smallest absolute Gasteiger partial charge is 0.188 e. The van der Waals surface area contributed by atoms with Crippen LogP contribution in [0.25, 0.3) is 0 Å². The van der Waals surface area contributed by atoms with Crippen molar-refractivity contribution < 1.29 is 0 Å². The molecule has 0 atom stereocenters.